The molecule has 7 heteroatoms. The van der Waals surface area contributed by atoms with Crippen LogP contribution in [0.4, 0.5) is 5.00 Å². The van der Waals surface area contributed by atoms with Crippen LogP contribution in [0.1, 0.15) is 32.2 Å². The van der Waals surface area contributed by atoms with Crippen LogP contribution in [0.5, 0.6) is 0 Å². The minimum Gasteiger partial charge on any atom is -0.478 e. The Bertz CT molecular complexity index is 653. The maximum Gasteiger partial charge on any atom is 0.338 e. The van der Waals surface area contributed by atoms with Crippen LogP contribution in [0.25, 0.3) is 0 Å². The maximum atomic E-state index is 12.0. The fourth-order valence-corrected chi connectivity index (χ4v) is 2.85. The summed E-state index contributed by atoms with van der Waals surface area (Å²) in [6.07, 6.45) is 0.171. The van der Waals surface area contributed by atoms with Gasteiger partial charge in [0.2, 0.25) is 5.91 Å². The van der Waals surface area contributed by atoms with Gasteiger partial charge in [-0.2, -0.15) is 5.10 Å². The van der Waals surface area contributed by atoms with Crippen molar-refractivity contribution in [2.45, 2.75) is 27.2 Å². The minimum atomic E-state index is -1.04. The van der Waals surface area contributed by atoms with Crippen LogP contribution in [0.3, 0.4) is 0 Å². The van der Waals surface area contributed by atoms with Gasteiger partial charge >= 0.3 is 5.97 Å². The molecular weight excluding hydrogens is 278 g/mol. The smallest absolute Gasteiger partial charge is 0.338 e. The highest BCUT2D eigenvalue weighted by atomic mass is 32.1. The van der Waals surface area contributed by atoms with Gasteiger partial charge < -0.3 is 10.4 Å². The fourth-order valence-electron chi connectivity index (χ4n) is 1.93. The van der Waals surface area contributed by atoms with Gasteiger partial charge in [-0.1, -0.05) is 0 Å². The number of aromatic carboxylic acids is 1. The monoisotopic (exact) mass is 293 g/mol. The summed E-state index contributed by atoms with van der Waals surface area (Å²) in [5, 5.41) is 19.0. The average Bonchev–Trinajstić information content (AvgIpc) is 2.86. The van der Waals surface area contributed by atoms with Crippen LogP contribution in [0.2, 0.25) is 0 Å². The molecule has 0 aliphatic carbocycles. The number of H-pyrrole nitrogens is 1. The molecule has 0 fully saturated rings. The fraction of sp³-hybridized carbons (Fsp3) is 0.308. The van der Waals surface area contributed by atoms with E-state index < -0.39 is 5.97 Å². The molecule has 0 saturated carbocycles. The Labute approximate surface area is 119 Å². The Hall–Kier alpha value is -2.15. The Balaban J connectivity index is 2.15. The number of carboxylic acids is 1. The number of anilines is 1. The van der Waals surface area contributed by atoms with E-state index in [9.17, 15) is 9.59 Å². The molecule has 6 nitrogen and oxygen atoms in total. The van der Waals surface area contributed by atoms with E-state index in [4.69, 9.17) is 5.11 Å². The summed E-state index contributed by atoms with van der Waals surface area (Å²) in [7, 11) is 0. The first-order valence-electron chi connectivity index (χ1n) is 6.02. The van der Waals surface area contributed by atoms with Gasteiger partial charge in [0.1, 0.15) is 5.00 Å². The summed E-state index contributed by atoms with van der Waals surface area (Å²) in [6, 6.07) is 1.55. The molecule has 0 saturated heterocycles. The van der Waals surface area contributed by atoms with Gasteiger partial charge in [-0.3, -0.25) is 9.89 Å². The van der Waals surface area contributed by atoms with Crippen LogP contribution in [0, 0.1) is 20.8 Å². The lowest BCUT2D eigenvalue weighted by Gasteiger charge is -2.04. The van der Waals surface area contributed by atoms with Gasteiger partial charge in [0, 0.05) is 16.1 Å². The number of aromatic nitrogens is 2. The topological polar surface area (TPSA) is 95.1 Å². The minimum absolute atomic E-state index is 0.126. The van der Waals surface area contributed by atoms with E-state index in [1.165, 1.54) is 11.3 Å². The molecule has 0 bridgehead atoms. The molecule has 2 aromatic rings. The molecule has 0 aliphatic heterocycles. The highest BCUT2D eigenvalue weighted by molar-refractivity contribution is 7.16. The lowest BCUT2D eigenvalue weighted by atomic mass is 10.1. The number of aryl methyl sites for hydroxylation is 3. The molecule has 0 unspecified atom stereocenters. The second-order valence-corrected chi connectivity index (χ2v) is 5.80. The zero-order valence-corrected chi connectivity index (χ0v) is 12.2. The third-order valence-corrected chi connectivity index (χ3v) is 3.92. The van der Waals surface area contributed by atoms with E-state index in [1.54, 1.807) is 13.0 Å². The number of hydrogen-bond acceptors (Lipinski definition) is 4. The molecule has 3 N–H and O–H groups in total. The van der Waals surface area contributed by atoms with Crippen molar-refractivity contribution in [1.82, 2.24) is 10.2 Å². The average molecular weight is 293 g/mol. The number of hydrogen-bond donors (Lipinski definition) is 3. The van der Waals surface area contributed by atoms with E-state index in [2.05, 4.69) is 15.5 Å². The number of rotatable bonds is 4. The number of amides is 1. The lowest BCUT2D eigenvalue weighted by molar-refractivity contribution is -0.115. The number of carbonyl (C=O) groups is 2. The third-order valence-electron chi connectivity index (χ3n) is 2.96. The Morgan fingerprint density at radius 1 is 1.40 bits per heavy atom. The quantitative estimate of drug-likeness (QED) is 0.806. The van der Waals surface area contributed by atoms with Gasteiger partial charge in [0.15, 0.2) is 0 Å². The molecular formula is C13H15N3O3S. The van der Waals surface area contributed by atoms with Gasteiger partial charge in [0.05, 0.1) is 17.7 Å². The van der Waals surface area contributed by atoms with Gasteiger partial charge in [0.25, 0.3) is 0 Å². The predicted octanol–water partition coefficient (Wildman–Crippen LogP) is 2.28. The highest BCUT2D eigenvalue weighted by Gasteiger charge is 2.17. The standard InChI is InChI=1S/C13H15N3O3S/c1-6-4-10(13(18)19)12(20-6)14-11(17)5-9-7(2)15-16-8(9)3/h4H,5H2,1-3H3,(H,14,17)(H,15,16)(H,18,19). The van der Waals surface area contributed by atoms with Crippen molar-refractivity contribution in [3.8, 4) is 0 Å². The summed E-state index contributed by atoms with van der Waals surface area (Å²) in [5.74, 6) is -1.29. The van der Waals surface area contributed by atoms with Crippen LogP contribution in [0.15, 0.2) is 6.07 Å². The van der Waals surface area contributed by atoms with Crippen molar-refractivity contribution in [3.05, 3.63) is 33.5 Å². The van der Waals surface area contributed by atoms with Gasteiger partial charge in [-0.05, 0) is 26.8 Å². The number of carboxylic acid groups (broad SMARTS) is 1. The molecule has 106 valence electrons. The van der Waals surface area contributed by atoms with Crippen molar-refractivity contribution < 1.29 is 14.7 Å². The summed E-state index contributed by atoms with van der Waals surface area (Å²) in [4.78, 5) is 24.0. The van der Waals surface area contributed by atoms with Crippen molar-refractivity contribution in [1.29, 1.82) is 0 Å². The Morgan fingerprint density at radius 2 is 2.10 bits per heavy atom. The van der Waals surface area contributed by atoms with E-state index in [0.29, 0.717) is 5.00 Å². The molecule has 0 aromatic carbocycles. The molecule has 0 atom stereocenters. The zero-order chi connectivity index (χ0) is 14.9. The first-order valence-corrected chi connectivity index (χ1v) is 6.84. The number of nitrogens with one attached hydrogen (secondary N) is 2. The largest absolute Gasteiger partial charge is 0.478 e. The van der Waals surface area contributed by atoms with Crippen LogP contribution < -0.4 is 5.32 Å². The van der Waals surface area contributed by atoms with Gasteiger partial charge in [-0.15, -0.1) is 11.3 Å². The second-order valence-electron chi connectivity index (χ2n) is 4.54. The highest BCUT2D eigenvalue weighted by Crippen LogP contribution is 2.27. The zero-order valence-electron chi connectivity index (χ0n) is 11.4. The third kappa shape index (κ3) is 2.88. The molecule has 0 spiro atoms. The normalized spacial score (nSPS) is 10.6. The molecule has 0 aliphatic rings. The predicted molar refractivity (Wildman–Crippen MR) is 76.4 cm³/mol. The van der Waals surface area contributed by atoms with Crippen LogP contribution >= 0.6 is 11.3 Å². The number of carbonyl (C=O) groups excluding carboxylic acids is 1. The number of thiophene rings is 1. The molecule has 2 heterocycles. The van der Waals surface area contributed by atoms with Crippen molar-refractivity contribution >= 4 is 28.2 Å². The summed E-state index contributed by atoms with van der Waals surface area (Å²) < 4.78 is 0. The summed E-state index contributed by atoms with van der Waals surface area (Å²) >= 11 is 1.26. The summed E-state index contributed by atoms with van der Waals surface area (Å²) in [6.45, 7) is 5.47. The van der Waals surface area contributed by atoms with Crippen molar-refractivity contribution in [2.24, 2.45) is 0 Å². The van der Waals surface area contributed by atoms with E-state index in [-0.39, 0.29) is 17.9 Å². The maximum absolute atomic E-state index is 12.0. The molecule has 0 radical (unpaired) electrons. The Morgan fingerprint density at radius 3 is 2.65 bits per heavy atom. The Kier molecular flexibility index (Phi) is 3.89. The second kappa shape index (κ2) is 5.46. The first kappa shape index (κ1) is 14.3. The summed E-state index contributed by atoms with van der Waals surface area (Å²) in [5.41, 5.74) is 2.59. The van der Waals surface area contributed by atoms with E-state index >= 15 is 0 Å². The molecule has 2 aromatic heterocycles. The number of aromatic amines is 1. The SMILES string of the molecule is Cc1cc(C(=O)O)c(NC(=O)Cc2c(C)n[nH]c2C)s1. The van der Waals surface area contributed by atoms with Crippen LogP contribution in [-0.4, -0.2) is 27.2 Å². The van der Waals surface area contributed by atoms with Crippen molar-refractivity contribution in [2.75, 3.05) is 5.32 Å². The van der Waals surface area contributed by atoms with E-state index in [1.807, 2.05) is 13.8 Å². The van der Waals surface area contributed by atoms with Crippen LogP contribution in [-0.2, 0) is 11.2 Å². The van der Waals surface area contributed by atoms with Gasteiger partial charge in [-0.25, -0.2) is 4.79 Å². The lowest BCUT2D eigenvalue weighted by Crippen LogP contribution is -2.16. The first-order chi connectivity index (χ1) is 9.38. The molecule has 1 amide bonds. The van der Waals surface area contributed by atoms with E-state index in [0.717, 1.165) is 21.8 Å². The molecule has 2 rings (SSSR count). The molecule has 20 heavy (non-hydrogen) atoms. The number of nitrogens with zero attached hydrogens (tertiary/aromatic N) is 1. The van der Waals surface area contributed by atoms with Crippen molar-refractivity contribution in [3.63, 3.8) is 0 Å².